The number of nitrogens with zero attached hydrogens (tertiary/aromatic N) is 4. The van der Waals surface area contributed by atoms with Crippen LogP contribution in [-0.2, 0) is 11.8 Å². The lowest BCUT2D eigenvalue weighted by Crippen LogP contribution is -2.40. The van der Waals surface area contributed by atoms with E-state index in [1.807, 2.05) is 12.1 Å². The summed E-state index contributed by atoms with van der Waals surface area (Å²) >= 11 is 0. The average molecular weight is 319 g/mol. The molecule has 1 aliphatic carbocycles. The molecule has 1 saturated carbocycles. The molecule has 2 aromatic rings. The fourth-order valence-corrected chi connectivity index (χ4v) is 3.29. The first-order valence-electron chi connectivity index (χ1n) is 8.06. The molecule has 0 spiro atoms. The van der Waals surface area contributed by atoms with E-state index in [1.54, 1.807) is 18.6 Å². The third-order valence-corrected chi connectivity index (χ3v) is 4.88. The van der Waals surface area contributed by atoms with Crippen LogP contribution < -0.4 is 10.6 Å². The molecule has 120 valence electrons. The SMILES string of the molecule is N#CC1(c2cncc(-c3cnc4c(c3)CCCN4C(N)=O)c2)CC1. The molecule has 0 saturated heterocycles. The lowest BCUT2D eigenvalue weighted by Gasteiger charge is -2.26. The predicted molar refractivity (Wildman–Crippen MR) is 89.2 cm³/mol. The molecule has 2 aliphatic rings. The minimum absolute atomic E-state index is 0.354. The molecule has 24 heavy (non-hydrogen) atoms. The third kappa shape index (κ3) is 2.29. The average Bonchev–Trinajstić information content (AvgIpc) is 3.42. The van der Waals surface area contributed by atoms with Crippen molar-refractivity contribution < 1.29 is 4.79 Å². The number of primary amides is 1. The molecule has 0 unspecified atom stereocenters. The zero-order valence-electron chi connectivity index (χ0n) is 13.2. The van der Waals surface area contributed by atoms with E-state index < -0.39 is 6.03 Å². The monoisotopic (exact) mass is 319 g/mol. The van der Waals surface area contributed by atoms with Gasteiger partial charge in [0, 0.05) is 36.3 Å². The minimum atomic E-state index is -0.468. The van der Waals surface area contributed by atoms with Crippen LogP contribution in [0.25, 0.3) is 11.1 Å². The maximum absolute atomic E-state index is 11.5. The van der Waals surface area contributed by atoms with E-state index in [-0.39, 0.29) is 5.41 Å². The first kappa shape index (κ1) is 14.6. The van der Waals surface area contributed by atoms with Gasteiger partial charge in [-0.25, -0.2) is 9.78 Å². The second-order valence-corrected chi connectivity index (χ2v) is 6.46. The van der Waals surface area contributed by atoms with Crippen LogP contribution in [0.4, 0.5) is 10.6 Å². The molecular formula is C18H17N5O. The van der Waals surface area contributed by atoms with Gasteiger partial charge < -0.3 is 5.73 Å². The number of anilines is 1. The second kappa shape index (κ2) is 5.31. The molecule has 3 heterocycles. The van der Waals surface area contributed by atoms with Crippen LogP contribution in [0.5, 0.6) is 0 Å². The van der Waals surface area contributed by atoms with Crippen molar-refractivity contribution in [2.75, 3.05) is 11.4 Å². The Hall–Kier alpha value is -2.94. The highest BCUT2D eigenvalue weighted by Crippen LogP contribution is 2.47. The highest BCUT2D eigenvalue weighted by molar-refractivity contribution is 5.91. The van der Waals surface area contributed by atoms with Gasteiger partial charge in [-0.15, -0.1) is 0 Å². The summed E-state index contributed by atoms with van der Waals surface area (Å²) in [4.78, 5) is 21.8. The van der Waals surface area contributed by atoms with E-state index in [1.165, 1.54) is 4.90 Å². The number of carbonyl (C=O) groups excluding carboxylic acids is 1. The van der Waals surface area contributed by atoms with Gasteiger partial charge in [0.15, 0.2) is 0 Å². The summed E-state index contributed by atoms with van der Waals surface area (Å²) in [6.45, 7) is 0.608. The molecule has 1 fully saturated rings. The van der Waals surface area contributed by atoms with Gasteiger partial charge in [0.25, 0.3) is 0 Å². The van der Waals surface area contributed by atoms with Gasteiger partial charge in [-0.05, 0) is 48.9 Å². The standard InChI is InChI=1S/C18H17N5O/c19-11-18(3-4-18)15-7-14(8-21-10-15)13-6-12-2-1-5-23(17(20)24)16(12)22-9-13/h6-10H,1-5H2,(H2,20,24). The highest BCUT2D eigenvalue weighted by Gasteiger charge is 2.45. The van der Waals surface area contributed by atoms with Crippen molar-refractivity contribution in [1.82, 2.24) is 9.97 Å². The van der Waals surface area contributed by atoms with Crippen LogP contribution >= 0.6 is 0 Å². The summed E-state index contributed by atoms with van der Waals surface area (Å²) in [5.41, 5.74) is 8.96. The summed E-state index contributed by atoms with van der Waals surface area (Å²) in [5.74, 6) is 0.650. The Bertz CT molecular complexity index is 866. The van der Waals surface area contributed by atoms with Crippen molar-refractivity contribution in [1.29, 1.82) is 5.26 Å². The second-order valence-electron chi connectivity index (χ2n) is 6.46. The molecule has 6 heteroatoms. The molecule has 0 atom stereocenters. The molecule has 2 N–H and O–H groups in total. The summed E-state index contributed by atoms with van der Waals surface area (Å²) in [6, 6.07) is 6.01. The van der Waals surface area contributed by atoms with Gasteiger partial charge in [-0.2, -0.15) is 5.26 Å². The maximum Gasteiger partial charge on any atom is 0.320 e. The van der Waals surface area contributed by atoms with E-state index in [0.717, 1.165) is 47.9 Å². The number of fused-ring (bicyclic) bond motifs is 1. The molecule has 1 aliphatic heterocycles. The van der Waals surface area contributed by atoms with Gasteiger partial charge in [0.2, 0.25) is 0 Å². The van der Waals surface area contributed by atoms with E-state index in [4.69, 9.17) is 5.73 Å². The normalized spacial score (nSPS) is 17.7. The summed E-state index contributed by atoms with van der Waals surface area (Å²) < 4.78 is 0. The van der Waals surface area contributed by atoms with Crippen LogP contribution in [0.2, 0.25) is 0 Å². The van der Waals surface area contributed by atoms with E-state index in [0.29, 0.717) is 12.4 Å². The number of carbonyl (C=O) groups is 1. The molecule has 2 aromatic heterocycles. The molecule has 0 bridgehead atoms. The van der Waals surface area contributed by atoms with Crippen molar-refractivity contribution in [3.8, 4) is 17.2 Å². The topological polar surface area (TPSA) is 95.9 Å². The number of aryl methyl sites for hydroxylation is 1. The zero-order valence-corrected chi connectivity index (χ0v) is 13.2. The number of aromatic nitrogens is 2. The number of nitriles is 1. The Morgan fingerprint density at radius 3 is 2.75 bits per heavy atom. The molecular weight excluding hydrogens is 302 g/mol. The molecule has 4 rings (SSSR count). The quantitative estimate of drug-likeness (QED) is 0.920. The Morgan fingerprint density at radius 2 is 2.04 bits per heavy atom. The largest absolute Gasteiger partial charge is 0.351 e. The van der Waals surface area contributed by atoms with Gasteiger partial charge >= 0.3 is 6.03 Å². The number of hydrogen-bond donors (Lipinski definition) is 1. The lowest BCUT2D eigenvalue weighted by atomic mass is 9.95. The number of amides is 2. The smallest absolute Gasteiger partial charge is 0.320 e. The Labute approximate surface area is 139 Å². The summed E-state index contributed by atoms with van der Waals surface area (Å²) in [6.07, 6.45) is 8.84. The first-order valence-corrected chi connectivity index (χ1v) is 8.06. The number of pyridine rings is 2. The molecule has 2 amide bonds. The van der Waals surface area contributed by atoms with Crippen molar-refractivity contribution >= 4 is 11.8 Å². The van der Waals surface area contributed by atoms with Crippen molar-refractivity contribution in [2.45, 2.75) is 31.1 Å². The first-order chi connectivity index (χ1) is 11.6. The van der Waals surface area contributed by atoms with E-state index in [2.05, 4.69) is 16.0 Å². The van der Waals surface area contributed by atoms with Crippen LogP contribution in [0.15, 0.2) is 30.7 Å². The zero-order chi connectivity index (χ0) is 16.7. The van der Waals surface area contributed by atoms with E-state index in [9.17, 15) is 10.1 Å². The number of urea groups is 1. The van der Waals surface area contributed by atoms with Gasteiger partial charge in [-0.3, -0.25) is 9.88 Å². The Balaban J connectivity index is 1.72. The molecule has 0 aromatic carbocycles. The maximum atomic E-state index is 11.5. The number of rotatable bonds is 2. The van der Waals surface area contributed by atoms with Crippen molar-refractivity contribution in [2.24, 2.45) is 5.73 Å². The lowest BCUT2D eigenvalue weighted by molar-refractivity contribution is 0.253. The van der Waals surface area contributed by atoms with Crippen LogP contribution in [-0.4, -0.2) is 22.5 Å². The van der Waals surface area contributed by atoms with E-state index >= 15 is 0 Å². The minimum Gasteiger partial charge on any atom is -0.351 e. The van der Waals surface area contributed by atoms with Gasteiger partial charge in [0.1, 0.15) is 5.82 Å². The molecule has 6 nitrogen and oxygen atoms in total. The van der Waals surface area contributed by atoms with Crippen molar-refractivity contribution in [3.63, 3.8) is 0 Å². The van der Waals surface area contributed by atoms with Crippen LogP contribution in [0.1, 0.15) is 30.4 Å². The van der Waals surface area contributed by atoms with Gasteiger partial charge in [0.05, 0.1) is 11.5 Å². The highest BCUT2D eigenvalue weighted by atomic mass is 16.2. The summed E-state index contributed by atoms with van der Waals surface area (Å²) in [5, 5.41) is 9.37. The number of hydrogen-bond acceptors (Lipinski definition) is 4. The number of nitrogens with two attached hydrogens (primary N) is 1. The molecule has 0 radical (unpaired) electrons. The predicted octanol–water partition coefficient (Wildman–Crippen LogP) is 2.53. The third-order valence-electron chi connectivity index (χ3n) is 4.88. The Kier molecular flexibility index (Phi) is 3.24. The van der Waals surface area contributed by atoms with Gasteiger partial charge in [-0.1, -0.05) is 0 Å². The van der Waals surface area contributed by atoms with Crippen LogP contribution in [0, 0.1) is 11.3 Å². The van der Waals surface area contributed by atoms with Crippen LogP contribution in [0.3, 0.4) is 0 Å². The fraction of sp³-hybridized carbons (Fsp3) is 0.333. The summed E-state index contributed by atoms with van der Waals surface area (Å²) in [7, 11) is 0. The fourth-order valence-electron chi connectivity index (χ4n) is 3.29. The van der Waals surface area contributed by atoms with Crippen molar-refractivity contribution in [3.05, 3.63) is 41.9 Å². The Morgan fingerprint density at radius 1 is 1.25 bits per heavy atom.